The highest BCUT2D eigenvalue weighted by atomic mass is 127. The average molecular weight is 1660 g/mol. The fraction of sp³-hybridized carbons (Fsp3) is 0.467. The normalized spacial score (nSPS) is 14.5. The van der Waals surface area contributed by atoms with Crippen LogP contribution in [0.2, 0.25) is 0 Å². The smallest absolute Gasteiger partial charge is 0.338 e. The lowest BCUT2D eigenvalue weighted by atomic mass is 10.0. The lowest BCUT2D eigenvalue weighted by Gasteiger charge is -2.12. The third-order valence-electron chi connectivity index (χ3n) is 21.7. The lowest BCUT2D eigenvalue weighted by Crippen LogP contribution is -2.26. The molecule has 0 radical (unpaired) electrons. The maximum Gasteiger partial charge on any atom is 0.338 e. The molecular formula is C90H122IN11O11. The van der Waals surface area contributed by atoms with Crippen LogP contribution in [0.4, 0.5) is 23.0 Å². The van der Waals surface area contributed by atoms with Gasteiger partial charge in [0.05, 0.1) is 47.6 Å². The molecular weight excluding hydrogens is 1540 g/mol. The summed E-state index contributed by atoms with van der Waals surface area (Å²) in [5.41, 5.74) is 32.2. The molecule has 0 aliphatic heterocycles. The number of aromatic nitrogens is 2. The first-order chi connectivity index (χ1) is 54.2. The fourth-order valence-electron chi connectivity index (χ4n) is 14.5. The average Bonchev–Trinajstić information content (AvgIpc) is 1.38. The van der Waals surface area contributed by atoms with Gasteiger partial charge in [0.25, 0.3) is 29.5 Å². The third-order valence-corrected chi connectivity index (χ3v) is 22.9. The Hall–Kier alpha value is -9.75. The standard InChI is InChI=1S/C21H26N4O2.C17H23NO3.C16H21NO3.C16H23NO.C8H7IO2.C7H15N.C5H7N3/c1-14-6-7-16(20(26)23-11-10-15-4-2-3-5-15)12-18(14)21(27)25-17-8-9-19(22)24-13-17;1-12-7-8-14(11-15(12)17(20)21-2)16(19)18-10-9-13-5-3-4-6-13;1-11-6-7-13(10-14(11)16(19)20)15(18)17-9-8-12-4-2-3-5-12;1-12-7-8-15(11-13(12)2)16(18)17-10-9-14-5-3-4-6-14;1-5-2-3-6(8(10)11)4-7(5)9;8-6-5-7-3-1-2-4-7;6-4-1-2-5(7)8-3-4/h6-9,12-13,15H,2-5,10-11H2,1H3,(H2,22,24)(H,23,26)(H,25,27);7-8,11,13H,3-6,9-10H2,1-2H3,(H,18,19);6-7,10,12H,2-5,8-9H2,1H3,(H,17,18)(H,19,20);7-8,11,14H,3-6,9-10H2,1-2H3,(H,17,18);2-4H,1H3,(H,10,11);7H,1-6,8H2;1-3H,6H2,(H2,7,8). The number of carboxylic acid groups (broad SMARTS) is 2. The van der Waals surface area contributed by atoms with E-state index in [4.69, 9.17) is 37.9 Å². The molecule has 0 bridgehead atoms. The van der Waals surface area contributed by atoms with Crippen molar-refractivity contribution in [2.24, 2.45) is 35.3 Å². The molecule has 0 saturated heterocycles. The number of benzene rings is 5. The molecule has 5 aliphatic carbocycles. The van der Waals surface area contributed by atoms with Crippen LogP contribution in [0.1, 0.15) is 277 Å². The summed E-state index contributed by atoms with van der Waals surface area (Å²) in [7, 11) is 1.34. The lowest BCUT2D eigenvalue weighted by molar-refractivity contribution is 0.0597. The van der Waals surface area contributed by atoms with E-state index in [-0.39, 0.29) is 35.1 Å². The number of hydrogen-bond donors (Lipinski definition) is 11. The van der Waals surface area contributed by atoms with Crippen molar-refractivity contribution in [3.05, 3.63) is 209 Å². The monoisotopic (exact) mass is 1660 g/mol. The Bertz CT molecular complexity index is 4160. The van der Waals surface area contributed by atoms with Crippen molar-refractivity contribution >= 4 is 93.0 Å². The SMILES string of the molecule is COC(=O)c1cc(C(=O)NCCC2CCCC2)ccc1C.Cc1ccc(C(=O)NCCC2CCCC2)cc1C.Cc1ccc(C(=O)NCCC2CCCC2)cc1C(=O)Nc1ccc(N)nc1.Cc1ccc(C(=O)NCCC2CCCC2)cc1C(=O)O.Cc1ccc(C(=O)O)cc1I.NCCC1CCCC1.Nc1ccc(N)nc1. The first kappa shape index (κ1) is 92.1. The van der Waals surface area contributed by atoms with Crippen molar-refractivity contribution in [3.8, 4) is 0 Å². The second kappa shape index (κ2) is 49.7. The fourth-order valence-corrected chi connectivity index (χ4v) is 15.0. The Kier molecular flexibility index (Phi) is 40.5. The number of carbonyl (C=O) groups is 8. The van der Waals surface area contributed by atoms with E-state index in [1.165, 1.54) is 172 Å². The first-order valence-electron chi connectivity index (χ1n) is 40.2. The molecule has 113 heavy (non-hydrogen) atoms. The van der Waals surface area contributed by atoms with Gasteiger partial charge in [-0.3, -0.25) is 24.0 Å². The second-order valence-electron chi connectivity index (χ2n) is 30.4. The Morgan fingerprint density at radius 3 is 1.08 bits per heavy atom. The molecule has 15 N–H and O–H groups in total. The number of ether oxygens (including phenoxy) is 1. The molecule has 5 fully saturated rings. The largest absolute Gasteiger partial charge is 0.478 e. The van der Waals surface area contributed by atoms with E-state index in [2.05, 4.69) is 66.1 Å². The molecule has 23 heteroatoms. The predicted octanol–water partition coefficient (Wildman–Crippen LogP) is 17.3. The maximum absolute atomic E-state index is 12.6. The minimum Gasteiger partial charge on any atom is -0.478 e. The Balaban J connectivity index is 0.000000213. The number of hydrogen-bond acceptors (Lipinski definition) is 15. The number of esters is 1. The predicted molar refractivity (Wildman–Crippen MR) is 460 cm³/mol. The number of halogens is 1. The van der Waals surface area contributed by atoms with Crippen LogP contribution in [0.25, 0.3) is 0 Å². The molecule has 0 spiro atoms. The number of amides is 5. The van der Waals surface area contributed by atoms with Gasteiger partial charge in [-0.25, -0.2) is 24.4 Å². The number of nitrogens with two attached hydrogens (primary N) is 4. The van der Waals surface area contributed by atoms with Crippen LogP contribution in [0.5, 0.6) is 0 Å². The van der Waals surface area contributed by atoms with Gasteiger partial charge in [0.2, 0.25) is 0 Å². The van der Waals surface area contributed by atoms with Gasteiger partial charge in [-0.15, -0.1) is 0 Å². The summed E-state index contributed by atoms with van der Waals surface area (Å²) in [6.45, 7) is 15.2. The number of methoxy groups -OCH3 is 1. The van der Waals surface area contributed by atoms with E-state index >= 15 is 0 Å². The second-order valence-corrected chi connectivity index (χ2v) is 31.6. The molecule has 0 unspecified atom stereocenters. The van der Waals surface area contributed by atoms with Gasteiger partial charge in [-0.1, -0.05) is 159 Å². The number of anilines is 4. The van der Waals surface area contributed by atoms with Gasteiger partial charge in [-0.2, -0.15) is 0 Å². The van der Waals surface area contributed by atoms with Crippen molar-refractivity contribution in [2.45, 2.75) is 202 Å². The third kappa shape index (κ3) is 33.5. The highest BCUT2D eigenvalue weighted by molar-refractivity contribution is 14.1. The van der Waals surface area contributed by atoms with Gasteiger partial charge in [-0.05, 0) is 251 Å². The Morgan fingerprint density at radius 1 is 0.389 bits per heavy atom. The Morgan fingerprint density at radius 2 is 0.735 bits per heavy atom. The quantitative estimate of drug-likeness (QED) is 0.0209. The van der Waals surface area contributed by atoms with Crippen LogP contribution in [-0.2, 0) is 4.74 Å². The van der Waals surface area contributed by atoms with Gasteiger partial charge in [0.1, 0.15) is 11.6 Å². The molecule has 5 aliphatic rings. The zero-order valence-corrected chi connectivity index (χ0v) is 69.5. The molecule has 7 aromatic rings. The summed E-state index contributed by atoms with van der Waals surface area (Å²) in [5, 5.41) is 32.3. The summed E-state index contributed by atoms with van der Waals surface area (Å²) in [6, 6.07) is 32.8. The topological polar surface area (TPSA) is 376 Å². The summed E-state index contributed by atoms with van der Waals surface area (Å²) in [6.07, 6.45) is 35.2. The molecule has 5 saturated carbocycles. The molecule has 5 aromatic carbocycles. The highest BCUT2D eigenvalue weighted by Crippen LogP contribution is 2.31. The van der Waals surface area contributed by atoms with Crippen LogP contribution in [0.3, 0.4) is 0 Å². The molecule has 12 rings (SSSR count). The van der Waals surface area contributed by atoms with E-state index in [0.29, 0.717) is 81.6 Å². The van der Waals surface area contributed by atoms with Crippen molar-refractivity contribution in [1.82, 2.24) is 31.2 Å². The number of nitrogens with zero attached hydrogens (tertiary/aromatic N) is 2. The van der Waals surface area contributed by atoms with Crippen molar-refractivity contribution in [2.75, 3.05) is 62.4 Å². The number of carbonyl (C=O) groups excluding carboxylic acids is 6. The number of pyridine rings is 2. The maximum atomic E-state index is 12.6. The first-order valence-corrected chi connectivity index (χ1v) is 41.3. The molecule has 5 amide bonds. The number of nitrogens with one attached hydrogen (secondary N) is 5. The van der Waals surface area contributed by atoms with Crippen molar-refractivity contribution in [3.63, 3.8) is 0 Å². The molecule has 610 valence electrons. The summed E-state index contributed by atoms with van der Waals surface area (Å²) >= 11 is 2.12. The van der Waals surface area contributed by atoms with E-state index in [1.54, 1.807) is 91.9 Å². The number of nitrogen functional groups attached to an aromatic ring is 3. The number of aromatic carboxylic acids is 2. The Labute approximate surface area is 682 Å². The van der Waals surface area contributed by atoms with E-state index < -0.39 is 17.9 Å². The van der Waals surface area contributed by atoms with Crippen molar-refractivity contribution < 1.29 is 53.3 Å². The van der Waals surface area contributed by atoms with Crippen LogP contribution < -0.4 is 49.5 Å². The molecule has 22 nitrogen and oxygen atoms in total. The van der Waals surface area contributed by atoms with Crippen LogP contribution in [-0.4, -0.2) is 107 Å². The molecule has 2 heterocycles. The zero-order chi connectivity index (χ0) is 82.2. The minimum atomic E-state index is -0.997. The highest BCUT2D eigenvalue weighted by Gasteiger charge is 2.22. The van der Waals surface area contributed by atoms with Crippen LogP contribution >= 0.6 is 22.6 Å². The number of rotatable bonds is 23. The van der Waals surface area contributed by atoms with Gasteiger partial charge < -0.3 is 64.5 Å². The molecule has 0 atom stereocenters. The minimum absolute atomic E-state index is 0.0658. The summed E-state index contributed by atoms with van der Waals surface area (Å²) in [5.74, 6) is 1.99. The van der Waals surface area contributed by atoms with E-state index in [9.17, 15) is 38.4 Å². The molecule has 2 aromatic heterocycles. The van der Waals surface area contributed by atoms with E-state index in [0.717, 1.165) is 94.2 Å². The van der Waals surface area contributed by atoms with Gasteiger partial charge >= 0.3 is 17.9 Å². The van der Waals surface area contributed by atoms with Gasteiger partial charge in [0, 0.05) is 57.6 Å². The number of aryl methyl sites for hydroxylation is 6. The van der Waals surface area contributed by atoms with E-state index in [1.807, 2.05) is 52.0 Å². The van der Waals surface area contributed by atoms with Gasteiger partial charge in [0.15, 0.2) is 0 Å². The zero-order valence-electron chi connectivity index (χ0n) is 67.4. The van der Waals surface area contributed by atoms with Crippen LogP contribution in [0.15, 0.2) is 128 Å². The number of carboxylic acids is 2. The van der Waals surface area contributed by atoms with Crippen molar-refractivity contribution in [1.29, 1.82) is 0 Å². The summed E-state index contributed by atoms with van der Waals surface area (Å²) < 4.78 is 5.72. The van der Waals surface area contributed by atoms with Crippen LogP contribution in [0, 0.1) is 74.7 Å². The summed E-state index contributed by atoms with van der Waals surface area (Å²) in [4.78, 5) is 102.